The zero-order valence-corrected chi connectivity index (χ0v) is 21.0. The molecule has 0 atom stereocenters. The number of carbonyl (C=O) groups excluding carboxylic acids is 1. The van der Waals surface area contributed by atoms with Gasteiger partial charge in [0.2, 0.25) is 0 Å². The first-order chi connectivity index (χ1) is 17.7. The number of aromatic nitrogens is 1. The minimum atomic E-state index is -0.109. The maximum Gasteiger partial charge on any atom is 0.260 e. The third-order valence-electron chi connectivity index (χ3n) is 6.01. The maximum atomic E-state index is 13.8. The number of thiazole rings is 1. The third-order valence-corrected chi connectivity index (χ3v) is 7.10. The van der Waals surface area contributed by atoms with E-state index in [-0.39, 0.29) is 5.91 Å². The van der Waals surface area contributed by atoms with Crippen LogP contribution in [0.1, 0.15) is 27.0 Å². The molecule has 0 unspecified atom stereocenters. The summed E-state index contributed by atoms with van der Waals surface area (Å²) in [4.78, 5) is 20.4. The number of methoxy groups -OCH3 is 2. The Kier molecular flexibility index (Phi) is 6.96. The average molecular weight is 495 g/mol. The molecule has 1 amide bonds. The monoisotopic (exact) mass is 494 g/mol. The van der Waals surface area contributed by atoms with Gasteiger partial charge in [0.1, 0.15) is 21.7 Å². The Morgan fingerprint density at radius 2 is 1.33 bits per heavy atom. The average Bonchev–Trinajstić information content (AvgIpc) is 3.38. The summed E-state index contributed by atoms with van der Waals surface area (Å²) in [6, 6.07) is 31.8. The molecule has 0 aliphatic carbocycles. The van der Waals surface area contributed by atoms with Crippen LogP contribution < -0.4 is 14.4 Å². The van der Waals surface area contributed by atoms with Gasteiger partial charge in [0, 0.05) is 5.56 Å². The van der Waals surface area contributed by atoms with Crippen molar-refractivity contribution in [2.24, 2.45) is 0 Å². The van der Waals surface area contributed by atoms with Crippen LogP contribution in [-0.2, 0) is 13.0 Å². The lowest BCUT2D eigenvalue weighted by Gasteiger charge is -2.20. The predicted octanol–water partition coefficient (Wildman–Crippen LogP) is 6.75. The van der Waals surface area contributed by atoms with E-state index in [9.17, 15) is 4.79 Å². The first-order valence-corrected chi connectivity index (χ1v) is 12.5. The van der Waals surface area contributed by atoms with Gasteiger partial charge in [-0.05, 0) is 47.4 Å². The van der Waals surface area contributed by atoms with Crippen LogP contribution in [0.4, 0.5) is 5.13 Å². The molecule has 1 heterocycles. The summed E-state index contributed by atoms with van der Waals surface area (Å²) in [5, 5.41) is 0.593. The second-order valence-corrected chi connectivity index (χ2v) is 9.36. The summed E-state index contributed by atoms with van der Waals surface area (Å²) in [6.45, 7) is 0.399. The number of rotatable bonds is 8. The Morgan fingerprint density at radius 1 is 0.750 bits per heavy atom. The molecule has 0 radical (unpaired) electrons. The van der Waals surface area contributed by atoms with Gasteiger partial charge in [-0.25, -0.2) is 4.98 Å². The molecule has 0 aliphatic rings. The third kappa shape index (κ3) is 4.95. The van der Waals surface area contributed by atoms with Gasteiger partial charge in [-0.3, -0.25) is 9.69 Å². The quantitative estimate of drug-likeness (QED) is 0.239. The van der Waals surface area contributed by atoms with Gasteiger partial charge < -0.3 is 9.47 Å². The molecule has 0 aliphatic heterocycles. The van der Waals surface area contributed by atoms with E-state index in [1.807, 2.05) is 84.9 Å². The molecule has 0 bridgehead atoms. The fraction of sp³-hybridized carbons (Fsp3) is 0.133. The van der Waals surface area contributed by atoms with Crippen molar-refractivity contribution in [2.45, 2.75) is 13.0 Å². The van der Waals surface area contributed by atoms with Crippen molar-refractivity contribution >= 4 is 32.6 Å². The van der Waals surface area contributed by atoms with E-state index in [2.05, 4.69) is 12.1 Å². The van der Waals surface area contributed by atoms with Crippen LogP contribution in [0, 0.1) is 0 Å². The molecular weight excluding hydrogens is 468 g/mol. The SMILES string of the molecule is COc1ccc(OC)c2sc(N(Cc3ccccc3)C(=O)c3ccc(Cc4ccccc4)cc3)nc12. The van der Waals surface area contributed by atoms with Gasteiger partial charge in [0.15, 0.2) is 5.13 Å². The van der Waals surface area contributed by atoms with Crippen LogP contribution in [0.3, 0.4) is 0 Å². The highest BCUT2D eigenvalue weighted by Crippen LogP contribution is 2.40. The lowest BCUT2D eigenvalue weighted by molar-refractivity contribution is 0.0985. The van der Waals surface area contributed by atoms with Crippen molar-refractivity contribution in [1.29, 1.82) is 0 Å². The number of ether oxygens (including phenoxy) is 2. The van der Waals surface area contributed by atoms with Gasteiger partial charge in [-0.15, -0.1) is 0 Å². The largest absolute Gasteiger partial charge is 0.495 e. The first-order valence-electron chi connectivity index (χ1n) is 11.7. The molecule has 5 aromatic rings. The highest BCUT2D eigenvalue weighted by molar-refractivity contribution is 7.22. The molecule has 4 aromatic carbocycles. The van der Waals surface area contributed by atoms with Crippen LogP contribution in [0.25, 0.3) is 10.2 Å². The molecule has 180 valence electrons. The van der Waals surface area contributed by atoms with E-state index in [1.54, 1.807) is 19.1 Å². The Balaban J connectivity index is 1.50. The Bertz CT molecular complexity index is 1420. The van der Waals surface area contributed by atoms with E-state index in [4.69, 9.17) is 14.5 Å². The highest BCUT2D eigenvalue weighted by atomic mass is 32.1. The lowest BCUT2D eigenvalue weighted by Crippen LogP contribution is -2.30. The highest BCUT2D eigenvalue weighted by Gasteiger charge is 2.24. The number of anilines is 1. The molecule has 0 saturated carbocycles. The van der Waals surface area contributed by atoms with E-state index < -0.39 is 0 Å². The lowest BCUT2D eigenvalue weighted by atomic mass is 10.0. The molecule has 0 saturated heterocycles. The van der Waals surface area contributed by atoms with Crippen LogP contribution in [0.15, 0.2) is 97.1 Å². The van der Waals surface area contributed by atoms with Crippen LogP contribution in [0.5, 0.6) is 11.5 Å². The van der Waals surface area contributed by atoms with Crippen molar-refractivity contribution in [2.75, 3.05) is 19.1 Å². The normalized spacial score (nSPS) is 10.8. The van der Waals surface area contributed by atoms with E-state index in [0.717, 1.165) is 22.2 Å². The van der Waals surface area contributed by atoms with Crippen molar-refractivity contribution in [3.63, 3.8) is 0 Å². The summed E-state index contributed by atoms with van der Waals surface area (Å²) in [6.07, 6.45) is 0.820. The van der Waals surface area contributed by atoms with Gasteiger partial charge in [0.05, 0.1) is 20.8 Å². The number of amides is 1. The number of nitrogens with zero attached hydrogens (tertiary/aromatic N) is 2. The van der Waals surface area contributed by atoms with E-state index in [1.165, 1.54) is 16.9 Å². The van der Waals surface area contributed by atoms with Gasteiger partial charge >= 0.3 is 0 Å². The molecule has 36 heavy (non-hydrogen) atoms. The molecule has 6 heteroatoms. The summed E-state index contributed by atoms with van der Waals surface area (Å²) in [5.74, 6) is 1.24. The molecule has 0 spiro atoms. The minimum Gasteiger partial charge on any atom is -0.495 e. The molecule has 0 fully saturated rings. The summed E-state index contributed by atoms with van der Waals surface area (Å²) in [7, 11) is 3.24. The van der Waals surface area contributed by atoms with Gasteiger partial charge in [0.25, 0.3) is 5.91 Å². The van der Waals surface area contributed by atoms with Crippen LogP contribution in [-0.4, -0.2) is 25.1 Å². The van der Waals surface area contributed by atoms with Gasteiger partial charge in [-0.2, -0.15) is 0 Å². The number of hydrogen-bond acceptors (Lipinski definition) is 5. The maximum absolute atomic E-state index is 13.8. The molecule has 5 nitrogen and oxygen atoms in total. The first kappa shape index (κ1) is 23.6. The summed E-state index contributed by atoms with van der Waals surface area (Å²) < 4.78 is 11.9. The topological polar surface area (TPSA) is 51.7 Å². The molecule has 0 N–H and O–H groups in total. The van der Waals surface area contributed by atoms with Gasteiger partial charge in [-0.1, -0.05) is 84.1 Å². The second kappa shape index (κ2) is 10.6. The fourth-order valence-corrected chi connectivity index (χ4v) is 5.21. The number of hydrogen-bond donors (Lipinski definition) is 0. The van der Waals surface area contributed by atoms with Crippen molar-refractivity contribution < 1.29 is 14.3 Å². The fourth-order valence-electron chi connectivity index (χ4n) is 4.13. The van der Waals surface area contributed by atoms with Crippen molar-refractivity contribution in [3.05, 3.63) is 119 Å². The Hall–Kier alpha value is -4.16. The standard InChI is InChI=1S/C30H26N2O3S/c1-34-25-17-18-26(35-2)28-27(25)31-30(36-28)32(20-23-11-7-4-8-12-23)29(33)24-15-13-22(14-16-24)19-21-9-5-3-6-10-21/h3-18H,19-20H2,1-2H3. The minimum absolute atomic E-state index is 0.109. The summed E-state index contributed by atoms with van der Waals surface area (Å²) >= 11 is 1.42. The summed E-state index contributed by atoms with van der Waals surface area (Å²) in [5.41, 5.74) is 4.70. The zero-order chi connectivity index (χ0) is 24.9. The van der Waals surface area contributed by atoms with Crippen LogP contribution in [0.2, 0.25) is 0 Å². The molecular formula is C30H26N2O3S. The molecule has 1 aromatic heterocycles. The predicted molar refractivity (Wildman–Crippen MR) is 145 cm³/mol. The second-order valence-electron chi connectivity index (χ2n) is 8.38. The Labute approximate surface area is 214 Å². The van der Waals surface area contributed by atoms with Crippen molar-refractivity contribution in [1.82, 2.24) is 4.98 Å². The van der Waals surface area contributed by atoms with E-state index in [0.29, 0.717) is 34.3 Å². The van der Waals surface area contributed by atoms with E-state index >= 15 is 0 Å². The van der Waals surface area contributed by atoms with Crippen molar-refractivity contribution in [3.8, 4) is 11.5 Å². The zero-order valence-electron chi connectivity index (χ0n) is 20.2. The number of benzene rings is 4. The number of carbonyl (C=O) groups is 1. The molecule has 5 rings (SSSR count). The van der Waals surface area contributed by atoms with Crippen LogP contribution >= 0.6 is 11.3 Å². The smallest absolute Gasteiger partial charge is 0.260 e. The Morgan fingerprint density at radius 3 is 1.97 bits per heavy atom. The number of fused-ring (bicyclic) bond motifs is 1.